The molecule has 2 fully saturated rings. The molecular weight excluding hydrogens is 552 g/mol. The van der Waals surface area contributed by atoms with Gasteiger partial charge in [0.05, 0.1) is 7.11 Å². The number of hydrogen-bond donors (Lipinski definition) is 1. The molecule has 1 saturated carbocycles. The molecule has 1 N–H and O–H groups in total. The Morgan fingerprint density at radius 2 is 1.93 bits per heavy atom. The number of pyridine rings is 2. The number of anilines is 1. The maximum absolute atomic E-state index is 14.8. The van der Waals surface area contributed by atoms with Gasteiger partial charge in [-0.2, -0.15) is 13.2 Å². The van der Waals surface area contributed by atoms with E-state index in [1.54, 1.807) is 4.90 Å². The van der Waals surface area contributed by atoms with E-state index in [-0.39, 0.29) is 46.3 Å². The fourth-order valence-electron chi connectivity index (χ4n) is 5.02. The minimum Gasteiger partial charge on any atom is -0.480 e. The number of carbonyl (C=O) groups is 1. The fraction of sp³-hybridized carbons (Fsp3) is 0.593. The van der Waals surface area contributed by atoms with Crippen LogP contribution in [0.5, 0.6) is 11.8 Å². The first-order chi connectivity index (χ1) is 18.8. The first-order valence-electron chi connectivity index (χ1n) is 13.1. The highest BCUT2D eigenvalue weighted by Crippen LogP contribution is 2.45. The van der Waals surface area contributed by atoms with Gasteiger partial charge in [-0.3, -0.25) is 0 Å². The van der Waals surface area contributed by atoms with Gasteiger partial charge in [-0.15, -0.1) is 0 Å². The van der Waals surface area contributed by atoms with E-state index in [2.05, 4.69) is 14.7 Å². The average Bonchev–Trinajstić information content (AvgIpc) is 3.29. The van der Waals surface area contributed by atoms with Crippen LogP contribution in [0, 0.1) is 11.2 Å². The number of carbonyl (C=O) groups excluding carboxylic acids is 1. The van der Waals surface area contributed by atoms with Gasteiger partial charge in [-0.05, 0) is 82.4 Å². The van der Waals surface area contributed by atoms with Gasteiger partial charge < -0.3 is 23.8 Å². The monoisotopic (exact) mass is 586 g/mol. The summed E-state index contributed by atoms with van der Waals surface area (Å²) < 4.78 is 71.8. The molecule has 1 amide bonds. The average molecular weight is 587 g/mol. The van der Waals surface area contributed by atoms with Gasteiger partial charge in [0.2, 0.25) is 11.8 Å². The zero-order chi connectivity index (χ0) is 29.1. The molecule has 220 valence electrons. The Kier molecular flexibility index (Phi) is 8.91. The van der Waals surface area contributed by atoms with Crippen LogP contribution >= 0.6 is 11.9 Å². The molecule has 3 heterocycles. The molecule has 0 atom stereocenters. The third-order valence-electron chi connectivity index (χ3n) is 6.93. The van der Waals surface area contributed by atoms with Crippen molar-refractivity contribution < 1.29 is 36.6 Å². The molecule has 13 heteroatoms. The van der Waals surface area contributed by atoms with E-state index < -0.39 is 23.3 Å². The molecule has 2 aliphatic rings. The van der Waals surface area contributed by atoms with Crippen molar-refractivity contribution in [3.63, 3.8) is 0 Å². The van der Waals surface area contributed by atoms with Crippen LogP contribution in [0.15, 0.2) is 24.4 Å². The number of methoxy groups -OCH3 is 1. The zero-order valence-electron chi connectivity index (χ0n) is 22.9. The van der Waals surface area contributed by atoms with Crippen LogP contribution in [0.4, 0.5) is 28.0 Å². The number of aromatic nitrogens is 2. The summed E-state index contributed by atoms with van der Waals surface area (Å²) in [4.78, 5) is 22.7. The molecule has 0 aromatic carbocycles. The van der Waals surface area contributed by atoms with Crippen LogP contribution in [-0.4, -0.2) is 64.8 Å². The second-order valence-electron chi connectivity index (χ2n) is 11.2. The predicted molar refractivity (Wildman–Crippen MR) is 144 cm³/mol. The van der Waals surface area contributed by atoms with Crippen LogP contribution in [0.1, 0.15) is 52.9 Å². The topological polar surface area (TPSA) is 85.8 Å². The van der Waals surface area contributed by atoms with Crippen molar-refractivity contribution >= 4 is 23.7 Å². The normalized spacial score (nSPS) is 21.4. The summed E-state index contributed by atoms with van der Waals surface area (Å²) in [6.07, 6.45) is 0.817. The Morgan fingerprint density at radius 3 is 2.58 bits per heavy atom. The van der Waals surface area contributed by atoms with E-state index in [4.69, 9.17) is 14.2 Å². The smallest absolute Gasteiger partial charge is 0.410 e. The number of alkyl halides is 3. The fourth-order valence-corrected chi connectivity index (χ4v) is 5.56. The molecule has 2 aromatic heterocycles. The van der Waals surface area contributed by atoms with Gasteiger partial charge in [0.25, 0.3) is 0 Å². The lowest BCUT2D eigenvalue weighted by atomic mass is 9.72. The number of nitrogens with one attached hydrogen (secondary N) is 1. The summed E-state index contributed by atoms with van der Waals surface area (Å²) in [5.41, 5.74) is -0.107. The van der Waals surface area contributed by atoms with Crippen molar-refractivity contribution in [3.8, 4) is 23.0 Å². The second-order valence-corrected chi connectivity index (χ2v) is 12.0. The highest BCUT2D eigenvalue weighted by Gasteiger charge is 2.44. The molecule has 1 spiro atoms. The third kappa shape index (κ3) is 7.82. The van der Waals surface area contributed by atoms with Crippen molar-refractivity contribution in [1.29, 1.82) is 0 Å². The standard InChI is InChI=1S/C27H34F4N4O4S/c1-25(2,3)39-24(36)35-12-11-26(15-35)9-7-18(8-10-26)38-21-6-5-19(28)22(33-21)17-13-20(23(37-4)32-14-17)34-40-16-27(29,30)31/h5-6,13-14,18,34H,7-12,15-16H2,1-4H3. The Morgan fingerprint density at radius 1 is 1.20 bits per heavy atom. The molecule has 0 radical (unpaired) electrons. The first-order valence-corrected chi connectivity index (χ1v) is 14.0. The van der Waals surface area contributed by atoms with E-state index >= 15 is 0 Å². The molecule has 40 heavy (non-hydrogen) atoms. The summed E-state index contributed by atoms with van der Waals surface area (Å²) in [6.45, 7) is 6.90. The second kappa shape index (κ2) is 11.9. The highest BCUT2D eigenvalue weighted by atomic mass is 32.2. The van der Waals surface area contributed by atoms with Crippen LogP contribution in [-0.2, 0) is 4.74 Å². The molecular formula is C27H34F4N4O4S. The molecule has 0 unspecified atom stereocenters. The van der Waals surface area contributed by atoms with E-state index in [0.717, 1.165) is 32.1 Å². The van der Waals surface area contributed by atoms with Gasteiger partial charge in [-0.25, -0.2) is 19.2 Å². The molecule has 8 nitrogen and oxygen atoms in total. The van der Waals surface area contributed by atoms with Crippen molar-refractivity contribution in [2.45, 2.75) is 70.8 Å². The number of hydrogen-bond acceptors (Lipinski definition) is 8. The van der Waals surface area contributed by atoms with Gasteiger partial charge in [-0.1, -0.05) is 0 Å². The van der Waals surface area contributed by atoms with Gasteiger partial charge >= 0.3 is 12.3 Å². The van der Waals surface area contributed by atoms with E-state index in [0.29, 0.717) is 25.0 Å². The van der Waals surface area contributed by atoms with E-state index in [9.17, 15) is 22.4 Å². The quantitative estimate of drug-likeness (QED) is 0.278. The van der Waals surface area contributed by atoms with Crippen LogP contribution in [0.25, 0.3) is 11.3 Å². The Bertz CT molecular complexity index is 1200. The molecule has 1 aliphatic heterocycles. The summed E-state index contributed by atoms with van der Waals surface area (Å²) in [7, 11) is 1.34. The van der Waals surface area contributed by atoms with Crippen LogP contribution in [0.3, 0.4) is 0 Å². The van der Waals surface area contributed by atoms with E-state index in [1.165, 1.54) is 31.5 Å². The molecule has 2 aromatic rings. The SMILES string of the molecule is COc1ncc(-c2nc(OC3CCC4(CC3)CCN(C(=O)OC(C)(C)C)C4)ccc2F)cc1NSCC(F)(F)F. The van der Waals surface area contributed by atoms with Crippen LogP contribution < -0.4 is 14.2 Å². The minimum absolute atomic E-state index is 0.0346. The Hall–Kier alpha value is -2.96. The Labute approximate surface area is 235 Å². The van der Waals surface area contributed by atoms with Crippen molar-refractivity contribution in [2.24, 2.45) is 5.41 Å². The predicted octanol–water partition coefficient (Wildman–Crippen LogP) is 6.86. The summed E-state index contributed by atoms with van der Waals surface area (Å²) in [5.74, 6) is -1.43. The lowest BCUT2D eigenvalue weighted by Gasteiger charge is -2.37. The largest absolute Gasteiger partial charge is 0.480 e. The third-order valence-corrected chi connectivity index (χ3v) is 7.76. The molecule has 1 saturated heterocycles. The number of rotatable bonds is 7. The minimum atomic E-state index is -4.36. The first kappa shape index (κ1) is 30.0. The molecule has 0 bridgehead atoms. The maximum Gasteiger partial charge on any atom is 0.410 e. The number of ether oxygens (including phenoxy) is 3. The number of halogens is 4. The van der Waals surface area contributed by atoms with Gasteiger partial charge in [0.1, 0.15) is 34.7 Å². The number of amides is 1. The van der Waals surface area contributed by atoms with Gasteiger partial charge in [0.15, 0.2) is 0 Å². The van der Waals surface area contributed by atoms with Crippen molar-refractivity contribution in [2.75, 3.05) is 30.7 Å². The molecule has 4 rings (SSSR count). The lowest BCUT2D eigenvalue weighted by Crippen LogP contribution is -2.39. The van der Waals surface area contributed by atoms with Crippen LogP contribution in [0.2, 0.25) is 0 Å². The zero-order valence-corrected chi connectivity index (χ0v) is 23.8. The van der Waals surface area contributed by atoms with Crippen molar-refractivity contribution in [3.05, 3.63) is 30.2 Å². The number of nitrogens with zero attached hydrogens (tertiary/aromatic N) is 3. The summed E-state index contributed by atoms with van der Waals surface area (Å²) >= 11 is 0.427. The molecule has 1 aliphatic carbocycles. The summed E-state index contributed by atoms with van der Waals surface area (Å²) in [5, 5.41) is 0. The number of likely N-dealkylation sites (tertiary alicyclic amines) is 1. The van der Waals surface area contributed by atoms with E-state index in [1.807, 2.05) is 20.8 Å². The Balaban J connectivity index is 1.39. The highest BCUT2D eigenvalue weighted by molar-refractivity contribution is 8.00. The van der Waals surface area contributed by atoms with Crippen molar-refractivity contribution in [1.82, 2.24) is 14.9 Å². The summed E-state index contributed by atoms with van der Waals surface area (Å²) in [6, 6.07) is 4.14. The maximum atomic E-state index is 14.8. The lowest BCUT2D eigenvalue weighted by molar-refractivity contribution is -0.105. The van der Waals surface area contributed by atoms with Gasteiger partial charge in [0, 0.05) is 30.9 Å².